The van der Waals surface area contributed by atoms with Crippen molar-refractivity contribution in [2.75, 3.05) is 0 Å². The smallest absolute Gasteiger partial charge is 0.251 e. The highest BCUT2D eigenvalue weighted by molar-refractivity contribution is 5.98. The maximum Gasteiger partial charge on any atom is 0.251 e. The minimum Gasteiger partial charge on any atom is -0.490 e. The van der Waals surface area contributed by atoms with E-state index in [9.17, 15) is 4.79 Å². The second-order valence-electron chi connectivity index (χ2n) is 4.44. The van der Waals surface area contributed by atoms with Gasteiger partial charge in [0.05, 0.1) is 6.10 Å². The fraction of sp³-hybridized carbons (Fsp3) is 0.500. The summed E-state index contributed by atoms with van der Waals surface area (Å²) in [4.78, 5) is 11.4. The molecule has 0 unspecified atom stereocenters. The topological polar surface area (TPSA) is 38.3 Å². The van der Waals surface area contributed by atoms with Crippen LogP contribution in [0.2, 0.25) is 0 Å². The Labute approximate surface area is 102 Å². The number of amides is 1. The third-order valence-electron chi connectivity index (χ3n) is 3.13. The van der Waals surface area contributed by atoms with Gasteiger partial charge in [0, 0.05) is 12.1 Å². The van der Waals surface area contributed by atoms with E-state index in [2.05, 4.69) is 19.2 Å². The molecule has 1 amide bonds. The Hall–Kier alpha value is -1.51. The van der Waals surface area contributed by atoms with Gasteiger partial charge in [0.2, 0.25) is 0 Å². The minimum atomic E-state index is 0.0205. The summed E-state index contributed by atoms with van der Waals surface area (Å²) in [6.07, 6.45) is 3.50. The molecule has 2 rings (SSSR count). The van der Waals surface area contributed by atoms with E-state index in [1.165, 1.54) is 0 Å². The maximum atomic E-state index is 11.4. The highest BCUT2D eigenvalue weighted by atomic mass is 16.5. The molecule has 0 spiro atoms. The van der Waals surface area contributed by atoms with E-state index < -0.39 is 0 Å². The molecule has 0 fully saturated rings. The molecule has 1 aliphatic rings. The second-order valence-corrected chi connectivity index (χ2v) is 4.44. The second kappa shape index (κ2) is 5.21. The average molecular weight is 233 g/mol. The molecular formula is C14H19NO2. The first-order chi connectivity index (χ1) is 8.24. The van der Waals surface area contributed by atoms with Crippen molar-refractivity contribution >= 4 is 5.91 Å². The van der Waals surface area contributed by atoms with Gasteiger partial charge in [0.25, 0.3) is 5.91 Å². The predicted octanol–water partition coefficient (Wildman–Crippen LogP) is 2.89. The Morgan fingerprint density at radius 1 is 1.41 bits per heavy atom. The Morgan fingerprint density at radius 3 is 2.94 bits per heavy atom. The predicted molar refractivity (Wildman–Crippen MR) is 67.2 cm³/mol. The molecule has 0 aliphatic carbocycles. The summed E-state index contributed by atoms with van der Waals surface area (Å²) in [6, 6.07) is 5.72. The molecule has 1 aromatic carbocycles. The molecular weight excluding hydrogens is 214 g/mol. The zero-order valence-corrected chi connectivity index (χ0v) is 10.5. The molecule has 0 aromatic heterocycles. The van der Waals surface area contributed by atoms with Crippen LogP contribution in [-0.2, 0) is 6.54 Å². The van der Waals surface area contributed by atoms with Crippen LogP contribution in [-0.4, -0.2) is 12.0 Å². The highest BCUT2D eigenvalue weighted by Crippen LogP contribution is 2.23. The monoisotopic (exact) mass is 233 g/mol. The van der Waals surface area contributed by atoms with E-state index in [-0.39, 0.29) is 12.0 Å². The lowest BCUT2D eigenvalue weighted by Gasteiger charge is -2.17. The molecule has 1 atom stereocenters. The van der Waals surface area contributed by atoms with Gasteiger partial charge in [-0.25, -0.2) is 0 Å². The van der Waals surface area contributed by atoms with Crippen LogP contribution in [0.25, 0.3) is 0 Å². The van der Waals surface area contributed by atoms with Crippen LogP contribution >= 0.6 is 0 Å². The van der Waals surface area contributed by atoms with E-state index in [1.807, 2.05) is 18.2 Å². The number of benzene rings is 1. The molecule has 0 bridgehead atoms. The molecule has 0 radical (unpaired) electrons. The van der Waals surface area contributed by atoms with Crippen LogP contribution in [0.5, 0.6) is 5.75 Å². The van der Waals surface area contributed by atoms with Gasteiger partial charge in [-0.15, -0.1) is 0 Å². The van der Waals surface area contributed by atoms with Gasteiger partial charge in [-0.1, -0.05) is 20.3 Å². The molecule has 1 aromatic rings. The van der Waals surface area contributed by atoms with Crippen molar-refractivity contribution in [2.24, 2.45) is 0 Å². The van der Waals surface area contributed by atoms with E-state index in [0.717, 1.165) is 36.1 Å². The lowest BCUT2D eigenvalue weighted by molar-refractivity contribution is 0.0966. The molecule has 3 nitrogen and oxygen atoms in total. The quantitative estimate of drug-likeness (QED) is 0.849. The number of nitrogens with one attached hydrogen (secondary N) is 1. The maximum absolute atomic E-state index is 11.4. The summed E-state index contributed by atoms with van der Waals surface area (Å²) in [6.45, 7) is 4.92. The number of rotatable bonds is 5. The van der Waals surface area contributed by atoms with E-state index >= 15 is 0 Å². The van der Waals surface area contributed by atoms with Crippen molar-refractivity contribution in [3.63, 3.8) is 0 Å². The number of carbonyl (C=O) groups excluding carboxylic acids is 1. The van der Waals surface area contributed by atoms with Crippen molar-refractivity contribution < 1.29 is 9.53 Å². The van der Waals surface area contributed by atoms with Gasteiger partial charge >= 0.3 is 0 Å². The minimum absolute atomic E-state index is 0.0205. The van der Waals surface area contributed by atoms with Gasteiger partial charge in [-0.05, 0) is 36.6 Å². The Balaban J connectivity index is 2.10. The Morgan fingerprint density at radius 2 is 2.24 bits per heavy atom. The van der Waals surface area contributed by atoms with Gasteiger partial charge < -0.3 is 10.1 Å². The summed E-state index contributed by atoms with van der Waals surface area (Å²) in [5, 5.41) is 2.81. The van der Waals surface area contributed by atoms with Crippen LogP contribution in [0.4, 0.5) is 0 Å². The van der Waals surface area contributed by atoms with Crippen LogP contribution < -0.4 is 10.1 Å². The first-order valence-electron chi connectivity index (χ1n) is 6.32. The molecule has 3 heteroatoms. The first-order valence-corrected chi connectivity index (χ1v) is 6.32. The number of carbonyl (C=O) groups is 1. The third kappa shape index (κ3) is 2.60. The van der Waals surface area contributed by atoms with Crippen LogP contribution in [0.3, 0.4) is 0 Å². The van der Waals surface area contributed by atoms with E-state index in [0.29, 0.717) is 6.54 Å². The Bertz CT molecular complexity index is 415. The van der Waals surface area contributed by atoms with E-state index in [1.54, 1.807) is 0 Å². The fourth-order valence-electron chi connectivity index (χ4n) is 2.14. The van der Waals surface area contributed by atoms with Crippen LogP contribution in [0, 0.1) is 0 Å². The van der Waals surface area contributed by atoms with Crippen LogP contribution in [0.15, 0.2) is 18.2 Å². The summed E-state index contributed by atoms with van der Waals surface area (Å²) in [5.74, 6) is 0.896. The Kier molecular flexibility index (Phi) is 3.67. The van der Waals surface area contributed by atoms with Gasteiger partial charge in [-0.2, -0.15) is 0 Å². The third-order valence-corrected chi connectivity index (χ3v) is 3.13. The SMILES string of the molecule is CCC[C@H](CC)Oc1ccc2c(c1)CNC2=O. The van der Waals surface area contributed by atoms with Crippen molar-refractivity contribution in [1.82, 2.24) is 5.32 Å². The largest absolute Gasteiger partial charge is 0.490 e. The normalized spacial score (nSPS) is 15.3. The average Bonchev–Trinajstić information content (AvgIpc) is 2.70. The van der Waals surface area contributed by atoms with Crippen molar-refractivity contribution in [1.29, 1.82) is 0 Å². The van der Waals surface area contributed by atoms with Crippen molar-refractivity contribution in [3.8, 4) is 5.75 Å². The lowest BCUT2D eigenvalue weighted by Crippen LogP contribution is -2.14. The summed E-state index contributed by atoms with van der Waals surface area (Å²) in [7, 11) is 0. The standard InChI is InChI=1S/C14H19NO2/c1-3-5-11(4-2)17-12-6-7-13-10(8-12)9-15-14(13)16/h6-8,11H,3-5,9H2,1-2H3,(H,15,16)/t11-/m0/s1. The van der Waals surface area contributed by atoms with E-state index in [4.69, 9.17) is 4.74 Å². The molecule has 1 aliphatic heterocycles. The summed E-state index contributed by atoms with van der Waals surface area (Å²) >= 11 is 0. The zero-order chi connectivity index (χ0) is 12.3. The lowest BCUT2D eigenvalue weighted by atomic mass is 10.1. The van der Waals surface area contributed by atoms with Gasteiger partial charge in [-0.3, -0.25) is 4.79 Å². The van der Waals surface area contributed by atoms with Gasteiger partial charge in [0.15, 0.2) is 0 Å². The summed E-state index contributed by atoms with van der Waals surface area (Å²) < 4.78 is 5.93. The molecule has 17 heavy (non-hydrogen) atoms. The number of hydrogen-bond acceptors (Lipinski definition) is 2. The molecule has 1 heterocycles. The number of fused-ring (bicyclic) bond motifs is 1. The van der Waals surface area contributed by atoms with Gasteiger partial charge in [0.1, 0.15) is 5.75 Å². The molecule has 1 N–H and O–H groups in total. The first kappa shape index (κ1) is 12.0. The molecule has 0 saturated carbocycles. The molecule has 92 valence electrons. The molecule has 0 saturated heterocycles. The zero-order valence-electron chi connectivity index (χ0n) is 10.5. The fourth-order valence-corrected chi connectivity index (χ4v) is 2.14. The van der Waals surface area contributed by atoms with Crippen LogP contribution in [0.1, 0.15) is 49.0 Å². The van der Waals surface area contributed by atoms with Crippen molar-refractivity contribution in [2.45, 2.75) is 45.8 Å². The van der Waals surface area contributed by atoms with Crippen molar-refractivity contribution in [3.05, 3.63) is 29.3 Å². The number of ether oxygens (including phenoxy) is 1. The summed E-state index contributed by atoms with van der Waals surface area (Å²) in [5.41, 5.74) is 1.82. The number of hydrogen-bond donors (Lipinski definition) is 1. The highest BCUT2D eigenvalue weighted by Gasteiger charge is 2.19.